The van der Waals surface area contributed by atoms with Crippen molar-refractivity contribution in [3.63, 3.8) is 0 Å². The van der Waals surface area contributed by atoms with Crippen molar-refractivity contribution < 1.29 is 29.0 Å². The summed E-state index contributed by atoms with van der Waals surface area (Å²) in [5, 5.41) is 11.0. The monoisotopic (exact) mass is 558 g/mol. The highest BCUT2D eigenvalue weighted by Gasteiger charge is 2.79. The second-order valence-electron chi connectivity index (χ2n) is 10.8. The van der Waals surface area contributed by atoms with Crippen LogP contribution in [0.2, 0.25) is 5.02 Å². The van der Waals surface area contributed by atoms with Gasteiger partial charge in [0.1, 0.15) is 24.2 Å². The maximum Gasteiger partial charge on any atom is 0.313 e. The molecule has 3 saturated heterocycles. The maximum absolute atomic E-state index is 14.6. The summed E-state index contributed by atoms with van der Waals surface area (Å²) in [6.07, 6.45) is 5.25. The molecule has 2 amide bonds. The first-order valence-corrected chi connectivity index (χ1v) is 14.1. The molecule has 1 aromatic carbocycles. The van der Waals surface area contributed by atoms with E-state index >= 15 is 0 Å². The van der Waals surface area contributed by atoms with Crippen LogP contribution >= 0.6 is 11.6 Å². The fourth-order valence-electron chi connectivity index (χ4n) is 6.92. The fourth-order valence-corrected chi connectivity index (χ4v) is 7.04. The van der Waals surface area contributed by atoms with Crippen molar-refractivity contribution >= 4 is 35.1 Å². The summed E-state index contributed by atoms with van der Waals surface area (Å²) in [7, 11) is 0. The number of aliphatic hydroxyl groups is 1. The van der Waals surface area contributed by atoms with Crippen molar-refractivity contribution in [2.24, 2.45) is 17.8 Å². The SMILES string of the molecule is C=CCOC(=O)[C@@H]1[C@H]2C(=O)N([C@@H](CO)[C@@H](C)CC)C(C(=O)N(CC=C)c3ccc(Cl)cc3)C23CC[C@@]1(CC)O3. The normalized spacial score (nSPS) is 30.5. The van der Waals surface area contributed by atoms with Crippen molar-refractivity contribution in [1.82, 2.24) is 4.90 Å². The van der Waals surface area contributed by atoms with E-state index in [9.17, 15) is 19.5 Å². The molecular weight excluding hydrogens is 520 g/mol. The molecule has 212 valence electrons. The molecule has 1 N–H and O–H groups in total. The summed E-state index contributed by atoms with van der Waals surface area (Å²) in [5.41, 5.74) is -1.53. The van der Waals surface area contributed by atoms with Crippen LogP contribution in [-0.4, -0.2) is 70.8 Å². The van der Waals surface area contributed by atoms with E-state index in [4.69, 9.17) is 21.1 Å². The van der Waals surface area contributed by atoms with Crippen molar-refractivity contribution in [3.8, 4) is 0 Å². The van der Waals surface area contributed by atoms with Gasteiger partial charge in [-0.1, -0.05) is 57.5 Å². The third kappa shape index (κ3) is 4.60. The highest BCUT2D eigenvalue weighted by atomic mass is 35.5. The van der Waals surface area contributed by atoms with Gasteiger partial charge in [0, 0.05) is 17.3 Å². The first kappa shape index (κ1) is 29.3. The lowest BCUT2D eigenvalue weighted by Gasteiger charge is -2.41. The summed E-state index contributed by atoms with van der Waals surface area (Å²) < 4.78 is 12.3. The van der Waals surface area contributed by atoms with E-state index in [1.807, 2.05) is 20.8 Å². The number of hydrogen-bond donors (Lipinski definition) is 1. The Morgan fingerprint density at radius 1 is 1.26 bits per heavy atom. The van der Waals surface area contributed by atoms with E-state index in [1.165, 1.54) is 11.0 Å². The molecule has 4 rings (SSSR count). The number of carbonyl (C=O) groups excluding carboxylic acids is 3. The summed E-state index contributed by atoms with van der Waals surface area (Å²) in [4.78, 5) is 45.6. The summed E-state index contributed by atoms with van der Waals surface area (Å²) in [5.74, 6) is -3.07. The van der Waals surface area contributed by atoms with E-state index in [1.54, 1.807) is 35.2 Å². The van der Waals surface area contributed by atoms with Gasteiger partial charge in [0.05, 0.1) is 24.2 Å². The van der Waals surface area contributed by atoms with Crippen LogP contribution in [0.15, 0.2) is 49.6 Å². The van der Waals surface area contributed by atoms with E-state index in [0.29, 0.717) is 36.4 Å². The van der Waals surface area contributed by atoms with Crippen LogP contribution < -0.4 is 4.90 Å². The Kier molecular flexibility index (Phi) is 8.59. The van der Waals surface area contributed by atoms with E-state index in [-0.39, 0.29) is 37.5 Å². The van der Waals surface area contributed by atoms with Crippen LogP contribution in [0.5, 0.6) is 0 Å². The molecule has 9 heteroatoms. The van der Waals surface area contributed by atoms with E-state index < -0.39 is 41.1 Å². The number of halogens is 1. The van der Waals surface area contributed by atoms with Gasteiger partial charge in [0.2, 0.25) is 5.91 Å². The van der Waals surface area contributed by atoms with Crippen LogP contribution in [-0.2, 0) is 23.9 Å². The molecule has 1 aromatic rings. The van der Waals surface area contributed by atoms with E-state index in [2.05, 4.69) is 13.2 Å². The number of nitrogens with zero attached hydrogens (tertiary/aromatic N) is 2. The molecule has 0 saturated carbocycles. The number of esters is 1. The van der Waals surface area contributed by atoms with Crippen molar-refractivity contribution in [2.45, 2.75) is 69.7 Å². The van der Waals surface area contributed by atoms with Gasteiger partial charge in [0.15, 0.2) is 0 Å². The average Bonchev–Trinajstić information content (AvgIpc) is 3.55. The molecule has 0 radical (unpaired) electrons. The number of anilines is 1. The topological polar surface area (TPSA) is 96.4 Å². The van der Waals surface area contributed by atoms with Crippen LogP contribution in [0.1, 0.15) is 46.5 Å². The first-order valence-electron chi connectivity index (χ1n) is 13.7. The second kappa shape index (κ2) is 11.4. The molecule has 7 atom stereocenters. The van der Waals surface area contributed by atoms with E-state index in [0.717, 1.165) is 0 Å². The highest BCUT2D eigenvalue weighted by molar-refractivity contribution is 6.30. The molecule has 3 aliphatic rings. The lowest BCUT2D eigenvalue weighted by Crippen LogP contribution is -2.60. The smallest absolute Gasteiger partial charge is 0.313 e. The van der Waals surface area contributed by atoms with Gasteiger partial charge in [-0.2, -0.15) is 0 Å². The quantitative estimate of drug-likeness (QED) is 0.306. The number of benzene rings is 1. The Morgan fingerprint density at radius 2 is 1.95 bits per heavy atom. The average molecular weight is 559 g/mol. The third-order valence-corrected chi connectivity index (χ3v) is 9.26. The first-order chi connectivity index (χ1) is 18.7. The molecule has 3 aliphatic heterocycles. The molecule has 8 nitrogen and oxygen atoms in total. The number of fused-ring (bicyclic) bond motifs is 1. The van der Waals surface area contributed by atoms with Gasteiger partial charge in [-0.15, -0.1) is 6.58 Å². The molecule has 3 fully saturated rings. The molecule has 3 heterocycles. The highest BCUT2D eigenvalue weighted by Crippen LogP contribution is 2.65. The Hall–Kier alpha value is -2.68. The third-order valence-electron chi connectivity index (χ3n) is 9.01. The van der Waals surface area contributed by atoms with Gasteiger partial charge in [0.25, 0.3) is 5.91 Å². The summed E-state index contributed by atoms with van der Waals surface area (Å²) >= 11 is 6.12. The number of likely N-dealkylation sites (tertiary alicyclic amines) is 1. The second-order valence-corrected chi connectivity index (χ2v) is 11.3. The Morgan fingerprint density at radius 3 is 2.51 bits per heavy atom. The standard InChI is InChI=1S/C30H39ClN2O6/c1-6-16-32(21-12-10-20(31)11-13-21)27(36)25-30-15-14-29(9-4,39-30)24(28(37)38-17-7-2)23(30)26(35)33(25)22(18-34)19(5)8-3/h6-7,10-13,19,22-25,34H,1-2,8-9,14-18H2,3-5H3/t19-,22-,23-,24-,25?,29+,30?/m0/s1. The van der Waals surface area contributed by atoms with Crippen LogP contribution in [0, 0.1) is 17.8 Å². The lowest BCUT2D eigenvalue weighted by molar-refractivity contribution is -0.161. The van der Waals surface area contributed by atoms with Crippen molar-refractivity contribution in [2.75, 3.05) is 24.7 Å². The Balaban J connectivity index is 1.87. The predicted octanol–water partition coefficient (Wildman–Crippen LogP) is 4.15. The zero-order valence-electron chi connectivity index (χ0n) is 23.0. The lowest BCUT2D eigenvalue weighted by atomic mass is 9.65. The largest absolute Gasteiger partial charge is 0.461 e. The molecule has 0 aromatic heterocycles. The van der Waals surface area contributed by atoms with Gasteiger partial charge < -0.3 is 24.4 Å². The molecule has 2 unspecified atom stereocenters. The molecular formula is C30H39ClN2O6. The molecule has 1 spiro atoms. The molecule has 39 heavy (non-hydrogen) atoms. The van der Waals surface area contributed by atoms with Crippen LogP contribution in [0.4, 0.5) is 5.69 Å². The molecule has 0 aliphatic carbocycles. The van der Waals surface area contributed by atoms with Crippen LogP contribution in [0.3, 0.4) is 0 Å². The Bertz CT molecular complexity index is 1120. The molecule has 2 bridgehead atoms. The number of carbonyl (C=O) groups is 3. The number of hydrogen-bond acceptors (Lipinski definition) is 6. The maximum atomic E-state index is 14.6. The number of amides is 2. The number of ether oxygens (including phenoxy) is 2. The zero-order chi connectivity index (χ0) is 28.5. The predicted molar refractivity (Wildman–Crippen MR) is 149 cm³/mol. The van der Waals surface area contributed by atoms with Gasteiger partial charge in [-0.25, -0.2) is 0 Å². The Labute approximate surface area is 235 Å². The zero-order valence-corrected chi connectivity index (χ0v) is 23.7. The van der Waals surface area contributed by atoms with Gasteiger partial charge in [-0.05, 0) is 49.4 Å². The number of aliphatic hydroxyl groups excluding tert-OH is 1. The van der Waals surface area contributed by atoms with Crippen molar-refractivity contribution in [3.05, 3.63) is 54.6 Å². The van der Waals surface area contributed by atoms with Gasteiger partial charge >= 0.3 is 5.97 Å². The summed E-state index contributed by atoms with van der Waals surface area (Å²) in [6.45, 7) is 13.2. The minimum absolute atomic E-state index is 0.0188. The number of rotatable bonds is 12. The summed E-state index contributed by atoms with van der Waals surface area (Å²) in [6, 6.07) is 5.22. The van der Waals surface area contributed by atoms with Crippen molar-refractivity contribution in [1.29, 1.82) is 0 Å². The minimum atomic E-state index is -1.23. The van der Waals surface area contributed by atoms with Gasteiger partial charge in [-0.3, -0.25) is 14.4 Å². The fraction of sp³-hybridized carbons (Fsp3) is 0.567. The van der Waals surface area contributed by atoms with Crippen LogP contribution in [0.25, 0.3) is 0 Å². The minimum Gasteiger partial charge on any atom is -0.461 e.